The summed E-state index contributed by atoms with van der Waals surface area (Å²) in [5.74, 6) is -0.672. The van der Waals surface area contributed by atoms with E-state index in [2.05, 4.69) is 6.92 Å². The Balaban J connectivity index is 2.14. The molecular weight excluding hydrogens is 212 g/mol. The Hall–Kier alpha value is -1.31. The van der Waals surface area contributed by atoms with Crippen molar-refractivity contribution in [3.05, 3.63) is 35.9 Å². The van der Waals surface area contributed by atoms with Gasteiger partial charge in [-0.1, -0.05) is 37.3 Å². The summed E-state index contributed by atoms with van der Waals surface area (Å²) in [4.78, 5) is 11.5. The molecule has 1 aromatic rings. The van der Waals surface area contributed by atoms with Crippen LogP contribution in [0.4, 0.5) is 0 Å². The topological polar surface area (TPSA) is 37.3 Å². The lowest BCUT2D eigenvalue weighted by Crippen LogP contribution is -2.32. The first-order valence-corrected chi connectivity index (χ1v) is 6.21. The van der Waals surface area contributed by atoms with Crippen molar-refractivity contribution >= 4 is 5.97 Å². The van der Waals surface area contributed by atoms with Crippen molar-refractivity contribution in [1.29, 1.82) is 0 Å². The van der Waals surface area contributed by atoms with Gasteiger partial charge in [-0.2, -0.15) is 0 Å². The molecule has 1 aliphatic rings. The lowest BCUT2D eigenvalue weighted by molar-refractivity contribution is -0.149. The molecule has 0 aromatic heterocycles. The highest BCUT2D eigenvalue weighted by molar-refractivity contribution is 5.74. The highest BCUT2D eigenvalue weighted by Gasteiger charge is 2.46. The fourth-order valence-electron chi connectivity index (χ4n) is 2.59. The number of benzene rings is 1. The quantitative estimate of drug-likeness (QED) is 0.843. The third-order valence-electron chi connectivity index (χ3n) is 3.87. The van der Waals surface area contributed by atoms with Gasteiger partial charge in [0, 0.05) is 0 Å². The van der Waals surface area contributed by atoms with E-state index in [1.807, 2.05) is 37.3 Å². The summed E-state index contributed by atoms with van der Waals surface area (Å²) in [6.45, 7) is 4.07. The third kappa shape index (κ3) is 2.87. The first-order valence-electron chi connectivity index (χ1n) is 6.21. The SMILES string of the molecule is CC1(CC(C)(Cc2ccccc2)C(=O)O)CC1. The van der Waals surface area contributed by atoms with Crippen molar-refractivity contribution in [3.8, 4) is 0 Å². The maximum Gasteiger partial charge on any atom is 0.309 e. The second-order valence-electron chi connectivity index (χ2n) is 6.02. The molecule has 1 N–H and O–H groups in total. The molecule has 0 amide bonds. The first-order chi connectivity index (χ1) is 7.94. The third-order valence-corrected chi connectivity index (χ3v) is 3.87. The predicted molar refractivity (Wildman–Crippen MR) is 67.8 cm³/mol. The minimum atomic E-state index is -0.672. The predicted octanol–water partition coefficient (Wildman–Crippen LogP) is 3.51. The van der Waals surface area contributed by atoms with Gasteiger partial charge in [0.15, 0.2) is 0 Å². The van der Waals surface area contributed by atoms with Gasteiger partial charge in [-0.15, -0.1) is 0 Å². The summed E-state index contributed by atoms with van der Waals surface area (Å²) < 4.78 is 0. The lowest BCUT2D eigenvalue weighted by atomic mass is 9.75. The van der Waals surface area contributed by atoms with Gasteiger partial charge in [0.2, 0.25) is 0 Å². The van der Waals surface area contributed by atoms with Crippen LogP contribution in [0.15, 0.2) is 30.3 Å². The molecule has 17 heavy (non-hydrogen) atoms. The van der Waals surface area contributed by atoms with Crippen molar-refractivity contribution in [3.63, 3.8) is 0 Å². The van der Waals surface area contributed by atoms with E-state index >= 15 is 0 Å². The molecule has 0 radical (unpaired) electrons. The van der Waals surface area contributed by atoms with E-state index in [0.29, 0.717) is 6.42 Å². The van der Waals surface area contributed by atoms with Crippen molar-refractivity contribution < 1.29 is 9.90 Å². The molecule has 0 spiro atoms. The van der Waals surface area contributed by atoms with Gasteiger partial charge in [-0.3, -0.25) is 4.79 Å². The number of rotatable bonds is 5. The number of carboxylic acids is 1. The maximum absolute atomic E-state index is 11.5. The van der Waals surface area contributed by atoms with Gasteiger partial charge < -0.3 is 5.11 Å². The van der Waals surface area contributed by atoms with Crippen molar-refractivity contribution in [1.82, 2.24) is 0 Å². The van der Waals surface area contributed by atoms with Gasteiger partial charge in [0.05, 0.1) is 5.41 Å². The van der Waals surface area contributed by atoms with E-state index in [4.69, 9.17) is 0 Å². The normalized spacial score (nSPS) is 20.6. The van der Waals surface area contributed by atoms with E-state index < -0.39 is 11.4 Å². The highest BCUT2D eigenvalue weighted by Crippen LogP contribution is 2.53. The highest BCUT2D eigenvalue weighted by atomic mass is 16.4. The first kappa shape index (κ1) is 12.2. The summed E-state index contributed by atoms with van der Waals surface area (Å²) in [7, 11) is 0. The van der Waals surface area contributed by atoms with E-state index in [0.717, 1.165) is 12.0 Å². The number of hydrogen-bond acceptors (Lipinski definition) is 1. The maximum atomic E-state index is 11.5. The van der Waals surface area contributed by atoms with Crippen molar-refractivity contribution in [2.24, 2.45) is 10.8 Å². The van der Waals surface area contributed by atoms with Crippen LogP contribution in [0.3, 0.4) is 0 Å². The fraction of sp³-hybridized carbons (Fsp3) is 0.533. The zero-order valence-electron chi connectivity index (χ0n) is 10.6. The summed E-state index contributed by atoms with van der Waals surface area (Å²) in [6.07, 6.45) is 3.75. The molecule has 2 rings (SSSR count). The molecule has 0 saturated heterocycles. The molecule has 92 valence electrons. The van der Waals surface area contributed by atoms with Crippen LogP contribution >= 0.6 is 0 Å². The number of aliphatic carboxylic acids is 1. The Bertz CT molecular complexity index is 406. The van der Waals surface area contributed by atoms with Crippen LogP contribution in [0.5, 0.6) is 0 Å². The lowest BCUT2D eigenvalue weighted by Gasteiger charge is -2.28. The van der Waals surface area contributed by atoms with Gasteiger partial charge >= 0.3 is 5.97 Å². The molecular formula is C15H20O2. The second kappa shape index (κ2) is 4.17. The zero-order chi connectivity index (χ0) is 12.5. The summed E-state index contributed by atoms with van der Waals surface area (Å²) in [5, 5.41) is 9.48. The van der Waals surface area contributed by atoms with Crippen LogP contribution in [-0.2, 0) is 11.2 Å². The van der Waals surface area contributed by atoms with E-state index in [1.165, 1.54) is 12.8 Å². The molecule has 1 aromatic carbocycles. The molecule has 1 fully saturated rings. The Labute approximate surface area is 103 Å². The Morgan fingerprint density at radius 3 is 2.41 bits per heavy atom. The summed E-state index contributed by atoms with van der Waals surface area (Å²) in [5.41, 5.74) is 0.746. The van der Waals surface area contributed by atoms with E-state index in [-0.39, 0.29) is 5.41 Å². The molecule has 0 heterocycles. The van der Waals surface area contributed by atoms with Gasteiger partial charge in [-0.05, 0) is 43.6 Å². The van der Waals surface area contributed by atoms with Gasteiger partial charge in [0.1, 0.15) is 0 Å². The summed E-state index contributed by atoms with van der Waals surface area (Å²) in [6, 6.07) is 9.92. The van der Waals surface area contributed by atoms with Crippen molar-refractivity contribution in [2.45, 2.75) is 39.5 Å². The average molecular weight is 232 g/mol. The molecule has 1 saturated carbocycles. The second-order valence-corrected chi connectivity index (χ2v) is 6.02. The van der Waals surface area contributed by atoms with Crippen LogP contribution < -0.4 is 0 Å². The molecule has 2 heteroatoms. The molecule has 0 aliphatic heterocycles. The smallest absolute Gasteiger partial charge is 0.309 e. The van der Waals surface area contributed by atoms with Crippen LogP contribution in [0.25, 0.3) is 0 Å². The summed E-state index contributed by atoms with van der Waals surface area (Å²) >= 11 is 0. The molecule has 0 bridgehead atoms. The Kier molecular flexibility index (Phi) is 2.98. The molecule has 2 nitrogen and oxygen atoms in total. The number of carbonyl (C=O) groups is 1. The molecule has 1 unspecified atom stereocenters. The Morgan fingerprint density at radius 2 is 1.94 bits per heavy atom. The van der Waals surface area contributed by atoms with Gasteiger partial charge in [-0.25, -0.2) is 0 Å². The average Bonchev–Trinajstić information content (AvgIpc) is 2.96. The van der Waals surface area contributed by atoms with Crippen LogP contribution in [0.2, 0.25) is 0 Å². The number of carboxylic acid groups (broad SMARTS) is 1. The largest absolute Gasteiger partial charge is 0.481 e. The minimum Gasteiger partial charge on any atom is -0.481 e. The molecule has 1 atom stereocenters. The molecule has 1 aliphatic carbocycles. The van der Waals surface area contributed by atoms with Crippen LogP contribution in [0, 0.1) is 10.8 Å². The van der Waals surface area contributed by atoms with E-state index in [1.54, 1.807) is 0 Å². The van der Waals surface area contributed by atoms with E-state index in [9.17, 15) is 9.90 Å². The monoisotopic (exact) mass is 232 g/mol. The van der Waals surface area contributed by atoms with Crippen LogP contribution in [0.1, 0.15) is 38.7 Å². The van der Waals surface area contributed by atoms with Crippen molar-refractivity contribution in [2.75, 3.05) is 0 Å². The Morgan fingerprint density at radius 1 is 1.35 bits per heavy atom. The zero-order valence-corrected chi connectivity index (χ0v) is 10.6. The fourth-order valence-corrected chi connectivity index (χ4v) is 2.59. The minimum absolute atomic E-state index is 0.266. The van der Waals surface area contributed by atoms with Gasteiger partial charge in [0.25, 0.3) is 0 Å². The number of hydrogen-bond donors (Lipinski definition) is 1. The van der Waals surface area contributed by atoms with Crippen LogP contribution in [-0.4, -0.2) is 11.1 Å². The standard InChI is InChI=1S/C15H20O2/c1-14(8-9-14)11-15(2,13(16)17)10-12-6-4-3-5-7-12/h3-7H,8-11H2,1-2H3,(H,16,17).